The van der Waals surface area contributed by atoms with Gasteiger partial charge < -0.3 is 9.80 Å². The Bertz CT molecular complexity index is 678. The Balaban J connectivity index is 1.29. The van der Waals surface area contributed by atoms with E-state index in [1.165, 1.54) is 11.1 Å². The van der Waals surface area contributed by atoms with Gasteiger partial charge in [0.1, 0.15) is 0 Å². The molecule has 1 atom stereocenters. The first kappa shape index (κ1) is 17.5. The Labute approximate surface area is 155 Å². The van der Waals surface area contributed by atoms with Crippen LogP contribution in [0.3, 0.4) is 0 Å². The van der Waals surface area contributed by atoms with Gasteiger partial charge in [-0.05, 0) is 37.3 Å². The fourth-order valence-electron chi connectivity index (χ4n) is 4.23. The molecular formula is C21H29N3O2. The van der Waals surface area contributed by atoms with Crippen molar-refractivity contribution in [2.75, 3.05) is 32.7 Å². The SMILES string of the molecule is Cc1ccccc1CN1CCN(C(=O)C2CCC(=O)N(C3CC3)C2)CC1. The lowest BCUT2D eigenvalue weighted by Crippen LogP contribution is -2.53. The third-order valence-electron chi connectivity index (χ3n) is 6.12. The number of benzene rings is 1. The molecule has 1 aromatic carbocycles. The van der Waals surface area contributed by atoms with Crippen molar-refractivity contribution < 1.29 is 9.59 Å². The molecule has 1 aliphatic carbocycles. The van der Waals surface area contributed by atoms with Crippen LogP contribution in [-0.4, -0.2) is 65.3 Å². The maximum Gasteiger partial charge on any atom is 0.227 e. The van der Waals surface area contributed by atoms with Gasteiger partial charge in [0.05, 0.1) is 5.92 Å². The quantitative estimate of drug-likeness (QED) is 0.830. The van der Waals surface area contributed by atoms with E-state index >= 15 is 0 Å². The molecule has 0 spiro atoms. The standard InChI is InChI=1S/C21H29N3O2/c1-16-4-2-3-5-17(16)14-22-10-12-23(13-11-22)21(26)18-6-9-20(25)24(15-18)19-7-8-19/h2-5,18-19H,6-15H2,1H3. The molecule has 2 saturated heterocycles. The lowest BCUT2D eigenvalue weighted by Gasteiger charge is -2.39. The van der Waals surface area contributed by atoms with Crippen molar-refractivity contribution in [3.05, 3.63) is 35.4 Å². The van der Waals surface area contributed by atoms with Crippen molar-refractivity contribution in [2.24, 2.45) is 5.92 Å². The first-order valence-electron chi connectivity index (χ1n) is 9.97. The zero-order chi connectivity index (χ0) is 18.1. The number of likely N-dealkylation sites (tertiary alicyclic amines) is 1. The van der Waals surface area contributed by atoms with Gasteiger partial charge >= 0.3 is 0 Å². The number of piperazine rings is 1. The second-order valence-corrected chi connectivity index (χ2v) is 8.04. The van der Waals surface area contributed by atoms with Crippen molar-refractivity contribution in [3.8, 4) is 0 Å². The highest BCUT2D eigenvalue weighted by Crippen LogP contribution is 2.32. The third kappa shape index (κ3) is 3.78. The van der Waals surface area contributed by atoms with Gasteiger partial charge in [0, 0.05) is 51.7 Å². The number of carbonyl (C=O) groups is 2. The van der Waals surface area contributed by atoms with Crippen molar-refractivity contribution in [1.29, 1.82) is 0 Å². The maximum atomic E-state index is 12.9. The third-order valence-corrected chi connectivity index (χ3v) is 6.12. The van der Waals surface area contributed by atoms with Crippen molar-refractivity contribution in [1.82, 2.24) is 14.7 Å². The van der Waals surface area contributed by atoms with Crippen LogP contribution in [0.4, 0.5) is 0 Å². The summed E-state index contributed by atoms with van der Waals surface area (Å²) in [5.41, 5.74) is 2.70. The van der Waals surface area contributed by atoms with Crippen LogP contribution in [0.2, 0.25) is 0 Å². The molecule has 1 saturated carbocycles. The molecule has 1 aromatic rings. The van der Waals surface area contributed by atoms with E-state index in [-0.39, 0.29) is 17.7 Å². The highest BCUT2D eigenvalue weighted by atomic mass is 16.2. The monoisotopic (exact) mass is 355 g/mol. The van der Waals surface area contributed by atoms with Crippen LogP contribution in [0.25, 0.3) is 0 Å². The van der Waals surface area contributed by atoms with Crippen LogP contribution in [0.15, 0.2) is 24.3 Å². The van der Waals surface area contributed by atoms with E-state index in [1.807, 2.05) is 9.80 Å². The minimum Gasteiger partial charge on any atom is -0.340 e. The number of piperidine rings is 1. The van der Waals surface area contributed by atoms with Gasteiger partial charge in [-0.1, -0.05) is 24.3 Å². The molecule has 5 heteroatoms. The molecule has 0 N–H and O–H groups in total. The summed E-state index contributed by atoms with van der Waals surface area (Å²) in [7, 11) is 0. The Kier molecular flexibility index (Phi) is 4.98. The Morgan fingerprint density at radius 2 is 1.81 bits per heavy atom. The highest BCUT2D eigenvalue weighted by Gasteiger charge is 2.40. The van der Waals surface area contributed by atoms with E-state index in [4.69, 9.17) is 0 Å². The van der Waals surface area contributed by atoms with Gasteiger partial charge in [0.15, 0.2) is 0 Å². The van der Waals surface area contributed by atoms with Gasteiger partial charge in [-0.2, -0.15) is 0 Å². The molecule has 0 aromatic heterocycles. The average molecular weight is 355 g/mol. The van der Waals surface area contributed by atoms with Crippen molar-refractivity contribution in [3.63, 3.8) is 0 Å². The number of carbonyl (C=O) groups excluding carboxylic acids is 2. The fourth-order valence-corrected chi connectivity index (χ4v) is 4.23. The second-order valence-electron chi connectivity index (χ2n) is 8.04. The predicted octanol–water partition coefficient (Wildman–Crippen LogP) is 2.04. The summed E-state index contributed by atoms with van der Waals surface area (Å²) < 4.78 is 0. The van der Waals surface area contributed by atoms with E-state index in [0.29, 0.717) is 19.0 Å². The smallest absolute Gasteiger partial charge is 0.227 e. The zero-order valence-corrected chi connectivity index (χ0v) is 15.7. The van der Waals surface area contributed by atoms with Gasteiger partial charge in [-0.15, -0.1) is 0 Å². The van der Waals surface area contributed by atoms with E-state index in [1.54, 1.807) is 0 Å². The van der Waals surface area contributed by atoms with E-state index in [9.17, 15) is 9.59 Å². The summed E-state index contributed by atoms with van der Waals surface area (Å²) in [6.07, 6.45) is 3.50. The molecule has 140 valence electrons. The number of aryl methyl sites for hydroxylation is 1. The first-order valence-corrected chi connectivity index (χ1v) is 9.97. The van der Waals surface area contributed by atoms with Crippen LogP contribution in [0.5, 0.6) is 0 Å². The molecule has 2 amide bonds. The molecule has 3 aliphatic rings. The number of hydrogen-bond donors (Lipinski definition) is 0. The van der Waals surface area contributed by atoms with Gasteiger partial charge in [-0.25, -0.2) is 0 Å². The molecule has 1 unspecified atom stereocenters. The Hall–Kier alpha value is -1.88. The number of amides is 2. The zero-order valence-electron chi connectivity index (χ0n) is 15.7. The van der Waals surface area contributed by atoms with E-state index < -0.39 is 0 Å². The molecule has 2 heterocycles. The lowest BCUT2D eigenvalue weighted by molar-refractivity contribution is -0.144. The molecule has 26 heavy (non-hydrogen) atoms. The Morgan fingerprint density at radius 1 is 1.08 bits per heavy atom. The largest absolute Gasteiger partial charge is 0.340 e. The molecule has 0 radical (unpaired) electrons. The summed E-state index contributed by atoms with van der Waals surface area (Å²) in [4.78, 5) is 31.4. The van der Waals surface area contributed by atoms with Crippen molar-refractivity contribution in [2.45, 2.75) is 45.2 Å². The highest BCUT2D eigenvalue weighted by molar-refractivity contribution is 5.84. The minimum atomic E-state index is 0.0104. The Morgan fingerprint density at radius 3 is 2.50 bits per heavy atom. The molecule has 5 nitrogen and oxygen atoms in total. The normalized spacial score (nSPS) is 24.8. The van der Waals surface area contributed by atoms with Crippen LogP contribution >= 0.6 is 0 Å². The second kappa shape index (κ2) is 7.39. The number of nitrogens with zero attached hydrogens (tertiary/aromatic N) is 3. The molecule has 3 fully saturated rings. The average Bonchev–Trinajstić information content (AvgIpc) is 3.49. The van der Waals surface area contributed by atoms with Crippen LogP contribution in [-0.2, 0) is 16.1 Å². The van der Waals surface area contributed by atoms with Crippen LogP contribution in [0.1, 0.15) is 36.8 Å². The van der Waals surface area contributed by atoms with E-state index in [2.05, 4.69) is 36.1 Å². The molecule has 4 rings (SSSR count). The van der Waals surface area contributed by atoms with Crippen molar-refractivity contribution >= 4 is 11.8 Å². The fraction of sp³-hybridized carbons (Fsp3) is 0.619. The van der Waals surface area contributed by atoms with Gasteiger partial charge in [0.25, 0.3) is 0 Å². The van der Waals surface area contributed by atoms with Crippen LogP contribution < -0.4 is 0 Å². The summed E-state index contributed by atoms with van der Waals surface area (Å²) in [5.74, 6) is 0.523. The summed E-state index contributed by atoms with van der Waals surface area (Å²) in [6, 6.07) is 8.95. The minimum absolute atomic E-state index is 0.0104. The number of rotatable bonds is 4. The summed E-state index contributed by atoms with van der Waals surface area (Å²) in [5, 5.41) is 0. The molecular weight excluding hydrogens is 326 g/mol. The summed E-state index contributed by atoms with van der Waals surface area (Å²) in [6.45, 7) is 7.23. The molecule has 2 aliphatic heterocycles. The molecule has 0 bridgehead atoms. The lowest BCUT2D eigenvalue weighted by atomic mass is 9.95. The van der Waals surface area contributed by atoms with E-state index in [0.717, 1.165) is 52.0 Å². The van der Waals surface area contributed by atoms with Gasteiger partial charge in [0.2, 0.25) is 11.8 Å². The first-order chi connectivity index (χ1) is 12.6. The topological polar surface area (TPSA) is 43.9 Å². The number of hydrogen-bond acceptors (Lipinski definition) is 3. The van der Waals surface area contributed by atoms with Gasteiger partial charge in [-0.3, -0.25) is 14.5 Å². The predicted molar refractivity (Wildman–Crippen MR) is 100 cm³/mol. The maximum absolute atomic E-state index is 12.9. The van der Waals surface area contributed by atoms with Crippen LogP contribution in [0, 0.1) is 12.8 Å². The summed E-state index contributed by atoms with van der Waals surface area (Å²) >= 11 is 0.